The fraction of sp³-hybridized carbons (Fsp3) is 0.704. The van der Waals surface area contributed by atoms with E-state index in [1.54, 1.807) is 12.1 Å². The number of unbranched alkanes of at least 4 members (excludes halogenated alkanes) is 12. The van der Waals surface area contributed by atoms with Gasteiger partial charge in [0.15, 0.2) is 0 Å². The third-order valence-corrected chi connectivity index (χ3v) is 5.89. The number of carbonyl (C=O) groups is 2. The molecule has 4 nitrogen and oxygen atoms in total. The Morgan fingerprint density at radius 3 is 1.68 bits per heavy atom. The zero-order valence-electron chi connectivity index (χ0n) is 19.9. The monoisotopic (exact) mass is 432 g/mol. The smallest absolute Gasteiger partial charge is 0.339 e. The molecule has 0 bridgehead atoms. The second kappa shape index (κ2) is 17.8. The molecule has 1 unspecified atom stereocenters. The molecule has 0 heterocycles. The zero-order chi connectivity index (χ0) is 22.7. The van der Waals surface area contributed by atoms with Crippen LogP contribution in [0.1, 0.15) is 137 Å². The summed E-state index contributed by atoms with van der Waals surface area (Å²) >= 11 is 0. The van der Waals surface area contributed by atoms with Gasteiger partial charge in [0.2, 0.25) is 0 Å². The van der Waals surface area contributed by atoms with Crippen molar-refractivity contribution in [3.63, 3.8) is 0 Å². The summed E-state index contributed by atoms with van der Waals surface area (Å²) in [6.07, 6.45) is 19.6. The standard InChI is InChI=1S/C27H44O4/c1-3-5-6-7-8-9-10-11-12-13-14-15-16-20-23(19-4-2)31-27(30)25-22-18-17-21-24(25)26(28)29/h17-18,21-23H,3-16,19-20H2,1-2H3,(H,28,29). The lowest BCUT2D eigenvalue weighted by Gasteiger charge is -2.18. The van der Waals surface area contributed by atoms with Gasteiger partial charge in [-0.25, -0.2) is 9.59 Å². The summed E-state index contributed by atoms with van der Waals surface area (Å²) in [5.74, 6) is -1.62. The van der Waals surface area contributed by atoms with Crippen LogP contribution in [0.15, 0.2) is 24.3 Å². The van der Waals surface area contributed by atoms with E-state index in [0.717, 1.165) is 25.7 Å². The summed E-state index contributed by atoms with van der Waals surface area (Å²) in [6, 6.07) is 6.27. The predicted molar refractivity (Wildman–Crippen MR) is 128 cm³/mol. The predicted octanol–water partition coefficient (Wildman–Crippen LogP) is 8.19. The largest absolute Gasteiger partial charge is 0.478 e. The van der Waals surface area contributed by atoms with Gasteiger partial charge in [-0.2, -0.15) is 0 Å². The zero-order valence-corrected chi connectivity index (χ0v) is 19.9. The molecule has 1 atom stereocenters. The van der Waals surface area contributed by atoms with E-state index >= 15 is 0 Å². The fourth-order valence-corrected chi connectivity index (χ4v) is 4.04. The first-order valence-electron chi connectivity index (χ1n) is 12.6. The summed E-state index contributed by atoms with van der Waals surface area (Å²) < 4.78 is 5.67. The number of carboxylic acid groups (broad SMARTS) is 1. The molecule has 0 aliphatic carbocycles. The van der Waals surface area contributed by atoms with Gasteiger partial charge in [0.1, 0.15) is 6.10 Å². The lowest BCUT2D eigenvalue weighted by Crippen LogP contribution is -2.20. The Kier molecular flexibility index (Phi) is 15.6. The van der Waals surface area contributed by atoms with Gasteiger partial charge < -0.3 is 9.84 Å². The van der Waals surface area contributed by atoms with Crippen molar-refractivity contribution in [2.24, 2.45) is 0 Å². The van der Waals surface area contributed by atoms with Crippen LogP contribution in [0.4, 0.5) is 0 Å². The molecule has 1 aromatic carbocycles. The molecule has 1 rings (SSSR count). The van der Waals surface area contributed by atoms with E-state index in [0.29, 0.717) is 0 Å². The van der Waals surface area contributed by atoms with E-state index < -0.39 is 11.9 Å². The van der Waals surface area contributed by atoms with Gasteiger partial charge in [0.25, 0.3) is 0 Å². The molecule has 0 saturated carbocycles. The molecule has 0 aromatic heterocycles. The minimum atomic E-state index is -1.10. The third kappa shape index (κ3) is 12.6. The summed E-state index contributed by atoms with van der Waals surface area (Å²) in [7, 11) is 0. The van der Waals surface area contributed by atoms with Crippen molar-refractivity contribution < 1.29 is 19.4 Å². The highest BCUT2D eigenvalue weighted by atomic mass is 16.5. The maximum atomic E-state index is 12.5. The quantitative estimate of drug-likeness (QED) is 0.177. The number of hydrogen-bond acceptors (Lipinski definition) is 3. The summed E-state index contributed by atoms with van der Waals surface area (Å²) in [6.45, 7) is 4.34. The molecule has 0 radical (unpaired) electrons. The lowest BCUT2D eigenvalue weighted by molar-refractivity contribution is 0.0248. The maximum absolute atomic E-state index is 12.5. The minimum absolute atomic E-state index is 0.00343. The Balaban J connectivity index is 2.18. The average molecular weight is 433 g/mol. The van der Waals surface area contributed by atoms with Gasteiger partial charge in [-0.1, -0.05) is 109 Å². The SMILES string of the molecule is CCCCCCCCCCCCCCCC(CCC)OC(=O)c1ccccc1C(=O)O. The van der Waals surface area contributed by atoms with Crippen LogP contribution < -0.4 is 0 Å². The molecular formula is C27H44O4. The van der Waals surface area contributed by atoms with Gasteiger partial charge >= 0.3 is 11.9 Å². The molecular weight excluding hydrogens is 388 g/mol. The molecule has 31 heavy (non-hydrogen) atoms. The fourth-order valence-electron chi connectivity index (χ4n) is 4.04. The number of aromatic carboxylic acids is 1. The molecule has 0 aliphatic rings. The third-order valence-electron chi connectivity index (χ3n) is 5.89. The lowest BCUT2D eigenvalue weighted by atomic mass is 10.0. The van der Waals surface area contributed by atoms with Crippen molar-refractivity contribution in [3.8, 4) is 0 Å². The van der Waals surface area contributed by atoms with Gasteiger partial charge in [-0.15, -0.1) is 0 Å². The Morgan fingerprint density at radius 2 is 1.19 bits per heavy atom. The van der Waals surface area contributed by atoms with Crippen LogP contribution >= 0.6 is 0 Å². The number of carbonyl (C=O) groups excluding carboxylic acids is 1. The highest BCUT2D eigenvalue weighted by Gasteiger charge is 2.20. The molecule has 0 saturated heterocycles. The Hall–Kier alpha value is -1.84. The van der Waals surface area contributed by atoms with Crippen LogP contribution in [-0.4, -0.2) is 23.1 Å². The topological polar surface area (TPSA) is 63.6 Å². The Morgan fingerprint density at radius 1 is 0.710 bits per heavy atom. The molecule has 176 valence electrons. The molecule has 1 aromatic rings. The molecule has 0 aliphatic heterocycles. The first-order chi connectivity index (χ1) is 15.1. The molecule has 0 amide bonds. The van der Waals surface area contributed by atoms with Crippen LogP contribution in [0.3, 0.4) is 0 Å². The van der Waals surface area contributed by atoms with E-state index in [-0.39, 0.29) is 17.2 Å². The highest BCUT2D eigenvalue weighted by molar-refractivity contribution is 6.02. The Labute approximate surface area is 189 Å². The molecule has 0 spiro atoms. The van der Waals surface area contributed by atoms with Crippen LogP contribution in [0.5, 0.6) is 0 Å². The number of ether oxygens (including phenoxy) is 1. The van der Waals surface area contributed by atoms with Crippen molar-refractivity contribution in [3.05, 3.63) is 35.4 Å². The second-order valence-corrected chi connectivity index (χ2v) is 8.70. The van der Waals surface area contributed by atoms with Gasteiger partial charge in [0, 0.05) is 0 Å². The van der Waals surface area contributed by atoms with E-state index in [9.17, 15) is 14.7 Å². The molecule has 0 fully saturated rings. The summed E-state index contributed by atoms with van der Waals surface area (Å²) in [5.41, 5.74) is 0.144. The number of carboxylic acids is 1. The van der Waals surface area contributed by atoms with Gasteiger partial charge in [-0.05, 0) is 31.4 Å². The molecule has 4 heteroatoms. The first kappa shape index (κ1) is 27.2. The highest BCUT2D eigenvalue weighted by Crippen LogP contribution is 2.18. The maximum Gasteiger partial charge on any atom is 0.339 e. The summed E-state index contributed by atoms with van der Waals surface area (Å²) in [5, 5.41) is 9.28. The normalized spacial score (nSPS) is 11.9. The second-order valence-electron chi connectivity index (χ2n) is 8.70. The van der Waals surface area contributed by atoms with Gasteiger partial charge in [-0.3, -0.25) is 0 Å². The van der Waals surface area contributed by atoms with Crippen molar-refractivity contribution in [1.82, 2.24) is 0 Å². The first-order valence-corrected chi connectivity index (χ1v) is 12.6. The van der Waals surface area contributed by atoms with Crippen LogP contribution in [0.25, 0.3) is 0 Å². The number of rotatable bonds is 19. The van der Waals surface area contributed by atoms with Crippen molar-refractivity contribution in [1.29, 1.82) is 0 Å². The van der Waals surface area contributed by atoms with E-state index in [2.05, 4.69) is 13.8 Å². The van der Waals surface area contributed by atoms with Crippen LogP contribution in [0.2, 0.25) is 0 Å². The van der Waals surface area contributed by atoms with Crippen LogP contribution in [0, 0.1) is 0 Å². The average Bonchev–Trinajstić information content (AvgIpc) is 2.76. The van der Waals surface area contributed by atoms with Gasteiger partial charge in [0.05, 0.1) is 11.1 Å². The van der Waals surface area contributed by atoms with Crippen molar-refractivity contribution >= 4 is 11.9 Å². The van der Waals surface area contributed by atoms with Crippen molar-refractivity contribution in [2.75, 3.05) is 0 Å². The van der Waals surface area contributed by atoms with Crippen molar-refractivity contribution in [2.45, 2.75) is 123 Å². The number of benzene rings is 1. The number of hydrogen-bond donors (Lipinski definition) is 1. The van der Waals surface area contributed by atoms with E-state index in [4.69, 9.17) is 4.74 Å². The van der Waals surface area contributed by atoms with Crippen LogP contribution in [-0.2, 0) is 4.74 Å². The minimum Gasteiger partial charge on any atom is -0.478 e. The van der Waals surface area contributed by atoms with E-state index in [1.807, 2.05) is 0 Å². The van der Waals surface area contributed by atoms with E-state index in [1.165, 1.54) is 89.2 Å². The number of esters is 1. The molecule has 1 N–H and O–H groups in total. The summed E-state index contributed by atoms with van der Waals surface area (Å²) in [4.78, 5) is 23.8. The Bertz CT molecular complexity index is 611.